The van der Waals surface area contributed by atoms with Gasteiger partial charge in [0.15, 0.2) is 0 Å². The summed E-state index contributed by atoms with van der Waals surface area (Å²) >= 11 is 0. The van der Waals surface area contributed by atoms with Gasteiger partial charge in [-0.2, -0.15) is 0 Å². The largest absolute Gasteiger partial charge is 0.396 e. The summed E-state index contributed by atoms with van der Waals surface area (Å²) in [5.74, 6) is 0. The van der Waals surface area contributed by atoms with Gasteiger partial charge in [-0.1, -0.05) is 13.0 Å². The molecule has 0 heterocycles. The summed E-state index contributed by atoms with van der Waals surface area (Å²) in [4.78, 5) is 12.5. The molecule has 1 aromatic carbocycles. The minimum atomic E-state index is -0.592. The van der Waals surface area contributed by atoms with Crippen LogP contribution >= 0.6 is 0 Å². The Morgan fingerprint density at radius 2 is 2.00 bits per heavy atom. The quantitative estimate of drug-likeness (QED) is 0.490. The number of nitrogens with one attached hydrogen (secondary N) is 1. The minimum Gasteiger partial charge on any atom is -0.396 e. The van der Waals surface area contributed by atoms with Crippen LogP contribution in [-0.4, -0.2) is 53.9 Å². The third-order valence-electron chi connectivity index (χ3n) is 3.40. The van der Waals surface area contributed by atoms with Crippen LogP contribution in [-0.2, 0) is 6.54 Å². The molecular formula is C14H23N3O4. The van der Waals surface area contributed by atoms with Crippen LogP contribution < -0.4 is 5.32 Å². The molecule has 0 aliphatic rings. The summed E-state index contributed by atoms with van der Waals surface area (Å²) in [6.07, 6.45) is 0. The summed E-state index contributed by atoms with van der Waals surface area (Å²) in [6, 6.07) is 5.04. The molecule has 1 aromatic rings. The number of benzene rings is 1. The number of rotatable bonds is 8. The van der Waals surface area contributed by atoms with Crippen molar-refractivity contribution in [2.75, 3.05) is 39.2 Å². The molecule has 0 saturated heterocycles. The molecule has 0 spiro atoms. The molecule has 0 atom stereocenters. The van der Waals surface area contributed by atoms with Crippen LogP contribution in [0.25, 0.3) is 0 Å². The van der Waals surface area contributed by atoms with E-state index in [1.54, 1.807) is 20.0 Å². The standard InChI is InChI=1S/C14H23N3O4/c1-14(9-18,10-19)8-16(3)7-11-4-5-12(15-2)13(6-11)17(20)21/h4-6,15,18-19H,7-10H2,1-3H3. The maximum atomic E-state index is 11.0. The highest BCUT2D eigenvalue weighted by Gasteiger charge is 2.24. The fourth-order valence-electron chi connectivity index (χ4n) is 2.21. The fourth-order valence-corrected chi connectivity index (χ4v) is 2.21. The molecule has 118 valence electrons. The molecule has 0 radical (unpaired) electrons. The molecule has 3 N–H and O–H groups in total. The van der Waals surface area contributed by atoms with Gasteiger partial charge in [0.25, 0.3) is 5.69 Å². The van der Waals surface area contributed by atoms with Crippen molar-refractivity contribution in [1.82, 2.24) is 4.90 Å². The van der Waals surface area contributed by atoms with Gasteiger partial charge in [0.05, 0.1) is 18.1 Å². The van der Waals surface area contributed by atoms with Crippen LogP contribution in [0.3, 0.4) is 0 Å². The smallest absolute Gasteiger partial charge is 0.292 e. The third kappa shape index (κ3) is 4.66. The predicted molar refractivity (Wildman–Crippen MR) is 81.3 cm³/mol. The van der Waals surface area contributed by atoms with E-state index in [0.29, 0.717) is 18.8 Å². The molecule has 0 aliphatic carbocycles. The zero-order chi connectivity index (χ0) is 16.0. The Hall–Kier alpha value is -1.70. The second kappa shape index (κ2) is 7.35. The average Bonchev–Trinajstić information content (AvgIpc) is 2.46. The highest BCUT2D eigenvalue weighted by Crippen LogP contribution is 2.26. The third-order valence-corrected chi connectivity index (χ3v) is 3.40. The van der Waals surface area contributed by atoms with Crippen LogP contribution in [0.2, 0.25) is 0 Å². The van der Waals surface area contributed by atoms with Crippen molar-refractivity contribution in [2.24, 2.45) is 5.41 Å². The SMILES string of the molecule is CNc1ccc(CN(C)CC(C)(CO)CO)cc1[N+](=O)[O-]. The number of aliphatic hydroxyl groups excluding tert-OH is 2. The first kappa shape index (κ1) is 17.4. The number of nitro groups is 1. The molecule has 0 aromatic heterocycles. The predicted octanol–water partition coefficient (Wildman–Crippen LogP) is 1.06. The number of hydrogen-bond acceptors (Lipinski definition) is 6. The van der Waals surface area contributed by atoms with Crippen molar-refractivity contribution in [3.63, 3.8) is 0 Å². The van der Waals surface area contributed by atoms with Crippen LogP contribution in [0, 0.1) is 15.5 Å². The molecule has 7 nitrogen and oxygen atoms in total. The number of nitro benzene ring substituents is 1. The lowest BCUT2D eigenvalue weighted by Crippen LogP contribution is -2.38. The van der Waals surface area contributed by atoms with Crippen LogP contribution in [0.15, 0.2) is 18.2 Å². The van der Waals surface area contributed by atoms with E-state index in [0.717, 1.165) is 5.56 Å². The lowest BCUT2D eigenvalue weighted by Gasteiger charge is -2.30. The van der Waals surface area contributed by atoms with E-state index in [4.69, 9.17) is 0 Å². The van der Waals surface area contributed by atoms with Crippen molar-refractivity contribution in [2.45, 2.75) is 13.5 Å². The highest BCUT2D eigenvalue weighted by molar-refractivity contribution is 5.62. The van der Waals surface area contributed by atoms with Crippen molar-refractivity contribution in [1.29, 1.82) is 0 Å². The first-order valence-electron chi connectivity index (χ1n) is 6.70. The lowest BCUT2D eigenvalue weighted by molar-refractivity contribution is -0.384. The Labute approximate surface area is 124 Å². The van der Waals surface area contributed by atoms with Crippen LogP contribution in [0.1, 0.15) is 12.5 Å². The van der Waals surface area contributed by atoms with E-state index in [1.165, 1.54) is 6.07 Å². The highest BCUT2D eigenvalue weighted by atomic mass is 16.6. The number of aliphatic hydroxyl groups is 2. The number of nitrogens with zero attached hydrogens (tertiary/aromatic N) is 2. The van der Waals surface area contributed by atoms with Gasteiger partial charge in [-0.15, -0.1) is 0 Å². The molecule has 7 heteroatoms. The Morgan fingerprint density at radius 1 is 1.38 bits per heavy atom. The van der Waals surface area contributed by atoms with Crippen LogP contribution in [0.4, 0.5) is 11.4 Å². The zero-order valence-corrected chi connectivity index (χ0v) is 12.7. The summed E-state index contributed by atoms with van der Waals surface area (Å²) in [5, 5.41) is 32.4. The molecule has 0 aliphatic heterocycles. The maximum absolute atomic E-state index is 11.0. The molecule has 21 heavy (non-hydrogen) atoms. The van der Waals surface area contributed by atoms with Crippen molar-refractivity contribution < 1.29 is 15.1 Å². The average molecular weight is 297 g/mol. The number of anilines is 1. The van der Waals surface area contributed by atoms with Gasteiger partial charge in [-0.3, -0.25) is 10.1 Å². The lowest BCUT2D eigenvalue weighted by atomic mass is 9.92. The summed E-state index contributed by atoms with van der Waals surface area (Å²) in [6.45, 7) is 2.54. The summed E-state index contributed by atoms with van der Waals surface area (Å²) < 4.78 is 0. The molecule has 0 saturated carbocycles. The maximum Gasteiger partial charge on any atom is 0.292 e. The van der Waals surface area contributed by atoms with Gasteiger partial charge in [0.1, 0.15) is 5.69 Å². The van der Waals surface area contributed by atoms with Crippen molar-refractivity contribution in [3.05, 3.63) is 33.9 Å². The minimum absolute atomic E-state index is 0.0375. The van der Waals surface area contributed by atoms with Gasteiger partial charge in [-0.05, 0) is 18.7 Å². The first-order valence-corrected chi connectivity index (χ1v) is 6.70. The van der Waals surface area contributed by atoms with Gasteiger partial charge >= 0.3 is 0 Å². The molecule has 0 fully saturated rings. The van der Waals surface area contributed by atoms with Gasteiger partial charge in [0, 0.05) is 31.6 Å². The van der Waals surface area contributed by atoms with Crippen molar-refractivity contribution in [3.8, 4) is 0 Å². The van der Waals surface area contributed by atoms with E-state index in [1.807, 2.05) is 18.0 Å². The topological polar surface area (TPSA) is 98.9 Å². The van der Waals surface area contributed by atoms with Gasteiger partial charge in [0.2, 0.25) is 0 Å². The van der Waals surface area contributed by atoms with E-state index < -0.39 is 10.3 Å². The molecule has 0 amide bonds. The number of hydrogen-bond donors (Lipinski definition) is 3. The van der Waals surface area contributed by atoms with E-state index in [9.17, 15) is 20.3 Å². The Morgan fingerprint density at radius 3 is 2.48 bits per heavy atom. The van der Waals surface area contributed by atoms with Crippen molar-refractivity contribution >= 4 is 11.4 Å². The Balaban J connectivity index is 2.83. The fraction of sp³-hybridized carbons (Fsp3) is 0.571. The molecule has 0 bridgehead atoms. The Kier molecular flexibility index (Phi) is 6.07. The summed E-state index contributed by atoms with van der Waals surface area (Å²) in [5.41, 5.74) is 0.727. The monoisotopic (exact) mass is 297 g/mol. The second-order valence-corrected chi connectivity index (χ2v) is 5.66. The summed E-state index contributed by atoms with van der Waals surface area (Å²) in [7, 11) is 3.49. The normalized spacial score (nSPS) is 11.7. The van der Waals surface area contributed by atoms with Gasteiger partial charge < -0.3 is 20.4 Å². The van der Waals surface area contributed by atoms with E-state index in [2.05, 4.69) is 5.32 Å². The molecule has 0 unspecified atom stereocenters. The molecular weight excluding hydrogens is 274 g/mol. The Bertz CT molecular complexity index is 489. The zero-order valence-electron chi connectivity index (χ0n) is 12.7. The first-order chi connectivity index (χ1) is 9.85. The van der Waals surface area contributed by atoms with E-state index >= 15 is 0 Å². The van der Waals surface area contributed by atoms with Crippen LogP contribution in [0.5, 0.6) is 0 Å². The van der Waals surface area contributed by atoms with E-state index in [-0.39, 0.29) is 18.9 Å². The second-order valence-electron chi connectivity index (χ2n) is 5.66. The molecule has 1 rings (SSSR count). The van der Waals surface area contributed by atoms with Gasteiger partial charge in [-0.25, -0.2) is 0 Å².